The van der Waals surface area contributed by atoms with Crippen LogP contribution in [-0.2, 0) is 4.79 Å². The second-order valence-electron chi connectivity index (χ2n) is 6.78. The van der Waals surface area contributed by atoms with E-state index in [9.17, 15) is 4.79 Å². The normalized spacial score (nSPS) is 12.0. The first-order valence-corrected chi connectivity index (χ1v) is 8.59. The minimum absolute atomic E-state index is 0.136. The third kappa shape index (κ3) is 5.76. The SMILES string of the molecule is Cc1ccc(NNC(=Nc2cc(Cl)cc(Cl)c2)C(=O)C(C)(C)C)cc1. The fourth-order valence-electron chi connectivity index (χ4n) is 1.99. The van der Waals surface area contributed by atoms with Gasteiger partial charge in [0.05, 0.1) is 11.4 Å². The first kappa shape index (κ1) is 19.3. The molecule has 0 unspecified atom stereocenters. The molecule has 0 fully saturated rings. The summed E-state index contributed by atoms with van der Waals surface area (Å²) in [7, 11) is 0. The van der Waals surface area contributed by atoms with E-state index in [1.807, 2.05) is 52.0 Å². The van der Waals surface area contributed by atoms with Crippen molar-refractivity contribution >= 4 is 46.2 Å². The van der Waals surface area contributed by atoms with E-state index in [0.29, 0.717) is 15.7 Å². The average molecular weight is 378 g/mol. The lowest BCUT2D eigenvalue weighted by Crippen LogP contribution is -2.41. The van der Waals surface area contributed by atoms with Crippen LogP contribution >= 0.6 is 23.2 Å². The van der Waals surface area contributed by atoms with Crippen LogP contribution in [0, 0.1) is 12.3 Å². The summed E-state index contributed by atoms with van der Waals surface area (Å²) in [6.45, 7) is 7.52. The van der Waals surface area contributed by atoms with Crippen LogP contribution in [0.25, 0.3) is 0 Å². The van der Waals surface area contributed by atoms with Crippen molar-refractivity contribution < 1.29 is 4.79 Å². The molecule has 4 nitrogen and oxygen atoms in total. The van der Waals surface area contributed by atoms with Crippen LogP contribution in [0.3, 0.4) is 0 Å². The number of ketones is 1. The molecule has 132 valence electrons. The van der Waals surface area contributed by atoms with E-state index in [4.69, 9.17) is 23.2 Å². The van der Waals surface area contributed by atoms with Crippen molar-refractivity contribution in [1.29, 1.82) is 0 Å². The van der Waals surface area contributed by atoms with Crippen LogP contribution in [0.4, 0.5) is 11.4 Å². The van der Waals surface area contributed by atoms with Gasteiger partial charge in [0.15, 0.2) is 5.84 Å². The van der Waals surface area contributed by atoms with E-state index < -0.39 is 5.41 Å². The highest BCUT2D eigenvalue weighted by molar-refractivity contribution is 6.41. The van der Waals surface area contributed by atoms with Gasteiger partial charge in [0.1, 0.15) is 0 Å². The number of hydrogen-bond acceptors (Lipinski definition) is 3. The van der Waals surface area contributed by atoms with E-state index in [-0.39, 0.29) is 11.6 Å². The van der Waals surface area contributed by atoms with Gasteiger partial charge in [-0.15, -0.1) is 0 Å². The first-order valence-electron chi connectivity index (χ1n) is 7.83. The molecule has 0 spiro atoms. The number of aliphatic imine (C=N–C) groups is 1. The summed E-state index contributed by atoms with van der Waals surface area (Å²) < 4.78 is 0. The number of Topliss-reactive ketones (excluding diaryl/α,β-unsaturated/α-hetero) is 1. The molecule has 0 aliphatic heterocycles. The highest BCUT2D eigenvalue weighted by atomic mass is 35.5. The van der Waals surface area contributed by atoms with Crippen molar-refractivity contribution in [2.24, 2.45) is 10.4 Å². The molecule has 0 aromatic heterocycles. The van der Waals surface area contributed by atoms with E-state index in [2.05, 4.69) is 15.8 Å². The molecule has 0 atom stereocenters. The summed E-state index contributed by atoms with van der Waals surface area (Å²) in [5.41, 5.74) is 7.80. The number of nitrogens with zero attached hydrogens (tertiary/aromatic N) is 1. The van der Waals surface area contributed by atoms with Crippen LogP contribution in [0.2, 0.25) is 10.0 Å². The van der Waals surface area contributed by atoms with Gasteiger partial charge < -0.3 is 0 Å². The summed E-state index contributed by atoms with van der Waals surface area (Å²) in [6.07, 6.45) is 0. The third-order valence-corrected chi connectivity index (χ3v) is 3.80. The number of carbonyl (C=O) groups is 1. The quantitative estimate of drug-likeness (QED) is 0.416. The molecule has 0 heterocycles. The molecule has 0 aliphatic carbocycles. The predicted octanol–water partition coefficient (Wildman–Crippen LogP) is 5.56. The first-order chi connectivity index (χ1) is 11.6. The van der Waals surface area contributed by atoms with Crippen LogP contribution in [0.5, 0.6) is 0 Å². The van der Waals surface area contributed by atoms with Crippen LogP contribution < -0.4 is 10.9 Å². The van der Waals surface area contributed by atoms with Gasteiger partial charge in [-0.1, -0.05) is 61.7 Å². The summed E-state index contributed by atoms with van der Waals surface area (Å²) in [5.74, 6) is 0.0506. The lowest BCUT2D eigenvalue weighted by atomic mass is 9.90. The zero-order chi connectivity index (χ0) is 18.6. The maximum absolute atomic E-state index is 12.7. The number of amidine groups is 1. The van der Waals surface area contributed by atoms with Crippen molar-refractivity contribution in [3.63, 3.8) is 0 Å². The maximum atomic E-state index is 12.7. The van der Waals surface area contributed by atoms with Crippen LogP contribution in [0.15, 0.2) is 47.5 Å². The second kappa shape index (κ2) is 7.89. The van der Waals surface area contributed by atoms with E-state index in [0.717, 1.165) is 11.3 Å². The second-order valence-corrected chi connectivity index (χ2v) is 7.66. The standard InChI is InChI=1S/C19H21Cl2N3O/c1-12-5-7-15(8-6-12)23-24-18(17(25)19(2,3)4)22-16-10-13(20)9-14(21)11-16/h5-11,23H,1-4H3,(H,22,24). The highest BCUT2D eigenvalue weighted by Crippen LogP contribution is 2.25. The molecule has 6 heteroatoms. The number of hydrogen-bond donors (Lipinski definition) is 2. The molecule has 0 saturated heterocycles. The average Bonchev–Trinajstić information content (AvgIpc) is 2.50. The molecule has 0 bridgehead atoms. The van der Waals surface area contributed by atoms with Crippen molar-refractivity contribution in [3.05, 3.63) is 58.1 Å². The number of benzene rings is 2. The van der Waals surface area contributed by atoms with E-state index >= 15 is 0 Å². The molecular formula is C19H21Cl2N3O. The van der Waals surface area contributed by atoms with E-state index in [1.165, 1.54) is 0 Å². The van der Waals surface area contributed by atoms with Crippen molar-refractivity contribution in [3.8, 4) is 0 Å². The molecule has 25 heavy (non-hydrogen) atoms. The number of carbonyl (C=O) groups excluding carboxylic acids is 1. The zero-order valence-corrected chi connectivity index (χ0v) is 16.2. The Morgan fingerprint density at radius 1 is 1.00 bits per heavy atom. The number of anilines is 1. The van der Waals surface area contributed by atoms with Crippen molar-refractivity contribution in [2.45, 2.75) is 27.7 Å². The number of halogens is 2. The fourth-order valence-corrected chi connectivity index (χ4v) is 2.51. The molecule has 2 aromatic carbocycles. The van der Waals surface area contributed by atoms with E-state index in [1.54, 1.807) is 18.2 Å². The Hall–Kier alpha value is -2.04. The van der Waals surface area contributed by atoms with Gasteiger partial charge in [0.2, 0.25) is 5.78 Å². The van der Waals surface area contributed by atoms with Gasteiger partial charge >= 0.3 is 0 Å². The Morgan fingerprint density at radius 3 is 2.08 bits per heavy atom. The monoisotopic (exact) mass is 377 g/mol. The lowest BCUT2D eigenvalue weighted by Gasteiger charge is -2.20. The molecule has 0 radical (unpaired) electrons. The summed E-state index contributed by atoms with van der Waals surface area (Å²) in [6, 6.07) is 12.7. The molecule has 2 rings (SSSR count). The van der Waals surface area contributed by atoms with Crippen LogP contribution in [0.1, 0.15) is 26.3 Å². The fraction of sp³-hybridized carbons (Fsp3) is 0.263. The Labute approximate surface area is 158 Å². The lowest BCUT2D eigenvalue weighted by molar-refractivity contribution is -0.119. The summed E-state index contributed by atoms with van der Waals surface area (Å²) >= 11 is 12.0. The molecule has 2 N–H and O–H groups in total. The number of nitrogens with one attached hydrogen (secondary N) is 2. The number of hydrazine groups is 1. The van der Waals surface area contributed by atoms with Crippen molar-refractivity contribution in [2.75, 3.05) is 5.43 Å². The summed E-state index contributed by atoms with van der Waals surface area (Å²) in [5, 5.41) is 0.917. The van der Waals surface area contributed by atoms with Gasteiger partial charge in [-0.3, -0.25) is 15.6 Å². The molecule has 0 saturated carbocycles. The number of rotatable bonds is 4. The molecule has 0 amide bonds. The van der Waals surface area contributed by atoms with Gasteiger partial charge in [0, 0.05) is 15.5 Å². The molecular weight excluding hydrogens is 357 g/mol. The van der Waals surface area contributed by atoms with Gasteiger partial charge in [-0.2, -0.15) is 0 Å². The molecule has 2 aromatic rings. The Balaban J connectivity index is 2.30. The van der Waals surface area contributed by atoms with Gasteiger partial charge in [0.25, 0.3) is 0 Å². The Kier molecular flexibility index (Phi) is 6.09. The Morgan fingerprint density at radius 2 is 1.56 bits per heavy atom. The van der Waals surface area contributed by atoms with Crippen molar-refractivity contribution in [1.82, 2.24) is 5.43 Å². The topological polar surface area (TPSA) is 53.5 Å². The number of aryl methyl sites for hydroxylation is 1. The van der Waals surface area contributed by atoms with Crippen LogP contribution in [-0.4, -0.2) is 11.6 Å². The predicted molar refractivity (Wildman–Crippen MR) is 106 cm³/mol. The minimum atomic E-state index is -0.594. The summed E-state index contributed by atoms with van der Waals surface area (Å²) in [4.78, 5) is 17.1. The smallest absolute Gasteiger partial charge is 0.204 e. The van der Waals surface area contributed by atoms with Gasteiger partial charge in [-0.25, -0.2) is 4.99 Å². The zero-order valence-electron chi connectivity index (χ0n) is 14.7. The molecule has 0 aliphatic rings. The van der Waals surface area contributed by atoms with Gasteiger partial charge in [-0.05, 0) is 37.3 Å². The highest BCUT2D eigenvalue weighted by Gasteiger charge is 2.26. The Bertz CT molecular complexity index is 773. The minimum Gasteiger partial charge on any atom is -0.300 e. The third-order valence-electron chi connectivity index (χ3n) is 3.36. The largest absolute Gasteiger partial charge is 0.300 e. The maximum Gasteiger partial charge on any atom is 0.204 e.